The van der Waals surface area contributed by atoms with E-state index in [0.29, 0.717) is 16.3 Å². The fourth-order valence-electron chi connectivity index (χ4n) is 3.57. The Morgan fingerprint density at radius 3 is 2.77 bits per heavy atom. The normalized spacial score (nSPS) is 14.3. The van der Waals surface area contributed by atoms with Crippen molar-refractivity contribution in [3.8, 4) is 0 Å². The van der Waals surface area contributed by atoms with Gasteiger partial charge in [0.15, 0.2) is 5.16 Å². The van der Waals surface area contributed by atoms with Crippen molar-refractivity contribution in [1.82, 2.24) is 13.8 Å². The summed E-state index contributed by atoms with van der Waals surface area (Å²) in [5.41, 5.74) is 12.5. The lowest BCUT2D eigenvalue weighted by Crippen LogP contribution is -2.16. The summed E-state index contributed by atoms with van der Waals surface area (Å²) in [6.45, 7) is 3.98. The van der Waals surface area contributed by atoms with Gasteiger partial charge in [-0.2, -0.15) is 9.36 Å². The van der Waals surface area contributed by atoms with Crippen LogP contribution < -0.4 is 11.3 Å². The Bertz CT molecular complexity index is 1430. The van der Waals surface area contributed by atoms with E-state index in [1.165, 1.54) is 17.1 Å². The minimum absolute atomic E-state index is 0.348. The molecular weight excluding hydrogens is 426 g/mol. The summed E-state index contributed by atoms with van der Waals surface area (Å²) in [5.74, 6) is 1.10. The number of aromatic nitrogens is 3. The van der Waals surface area contributed by atoms with E-state index in [9.17, 15) is 4.79 Å². The number of anilines is 1. The SMILES string of the molecule is CC1=Nc2ccc(C)cc2/C1=C/c1c(N)n2c(SCc3ccccc3)nsc2nc1=O. The highest BCUT2D eigenvalue weighted by Gasteiger charge is 2.21. The summed E-state index contributed by atoms with van der Waals surface area (Å²) < 4.78 is 6.26. The molecule has 4 aromatic rings. The minimum Gasteiger partial charge on any atom is -0.384 e. The summed E-state index contributed by atoms with van der Waals surface area (Å²) in [4.78, 5) is 22.2. The monoisotopic (exact) mass is 445 g/mol. The van der Waals surface area contributed by atoms with E-state index in [4.69, 9.17) is 5.73 Å². The van der Waals surface area contributed by atoms with Gasteiger partial charge in [-0.1, -0.05) is 53.7 Å². The van der Waals surface area contributed by atoms with Gasteiger partial charge < -0.3 is 5.73 Å². The van der Waals surface area contributed by atoms with Crippen LogP contribution in [0.15, 0.2) is 63.5 Å². The van der Waals surface area contributed by atoms with Crippen molar-refractivity contribution in [2.75, 3.05) is 5.73 Å². The summed E-state index contributed by atoms with van der Waals surface area (Å²) in [6, 6.07) is 16.3. The molecule has 0 saturated heterocycles. The number of rotatable bonds is 4. The van der Waals surface area contributed by atoms with Crippen molar-refractivity contribution in [2.45, 2.75) is 24.8 Å². The van der Waals surface area contributed by atoms with Crippen LogP contribution in [0.2, 0.25) is 0 Å². The first-order chi connectivity index (χ1) is 15.0. The van der Waals surface area contributed by atoms with Crippen molar-refractivity contribution in [2.24, 2.45) is 4.99 Å². The minimum atomic E-state index is -0.359. The van der Waals surface area contributed by atoms with E-state index in [0.717, 1.165) is 39.0 Å². The Hall–Kier alpha value is -3.23. The van der Waals surface area contributed by atoms with E-state index in [1.54, 1.807) is 16.2 Å². The van der Waals surface area contributed by atoms with Gasteiger partial charge in [0.1, 0.15) is 5.82 Å². The first-order valence-corrected chi connectivity index (χ1v) is 11.5. The van der Waals surface area contributed by atoms with Crippen LogP contribution in [0, 0.1) is 6.92 Å². The predicted molar refractivity (Wildman–Crippen MR) is 129 cm³/mol. The number of nitrogens with two attached hydrogens (primary N) is 1. The molecule has 154 valence electrons. The summed E-state index contributed by atoms with van der Waals surface area (Å²) in [5, 5.41) is 0.724. The van der Waals surface area contributed by atoms with E-state index in [2.05, 4.69) is 32.5 Å². The molecule has 0 fully saturated rings. The van der Waals surface area contributed by atoms with Gasteiger partial charge in [0, 0.05) is 34.1 Å². The van der Waals surface area contributed by atoms with Crippen LogP contribution in [0.5, 0.6) is 0 Å². The van der Waals surface area contributed by atoms with Crippen LogP contribution in [0.25, 0.3) is 16.6 Å². The third-order valence-corrected chi connectivity index (χ3v) is 6.98. The van der Waals surface area contributed by atoms with Crippen LogP contribution in [0.1, 0.15) is 29.2 Å². The zero-order chi connectivity index (χ0) is 21.5. The van der Waals surface area contributed by atoms with E-state index < -0.39 is 0 Å². The third-order valence-electron chi connectivity index (χ3n) is 5.15. The number of aliphatic imine (C=N–C) groups is 1. The molecule has 3 heterocycles. The predicted octanol–water partition coefficient (Wildman–Crippen LogP) is 4.98. The van der Waals surface area contributed by atoms with Gasteiger partial charge in [-0.25, -0.2) is 4.40 Å². The Balaban J connectivity index is 1.59. The maximum Gasteiger partial charge on any atom is 0.283 e. The third kappa shape index (κ3) is 3.58. The highest BCUT2D eigenvalue weighted by atomic mass is 32.2. The van der Waals surface area contributed by atoms with Gasteiger partial charge in [-0.15, -0.1) is 0 Å². The zero-order valence-corrected chi connectivity index (χ0v) is 18.6. The number of fused-ring (bicyclic) bond motifs is 2. The Labute approximate surface area is 187 Å². The molecule has 0 spiro atoms. The van der Waals surface area contributed by atoms with E-state index in [-0.39, 0.29) is 5.56 Å². The zero-order valence-electron chi connectivity index (χ0n) is 17.0. The molecule has 2 aromatic carbocycles. The molecule has 0 atom stereocenters. The van der Waals surface area contributed by atoms with Crippen LogP contribution in [0.4, 0.5) is 11.5 Å². The molecule has 0 saturated carbocycles. The summed E-state index contributed by atoms with van der Waals surface area (Å²) in [6.07, 6.45) is 1.81. The summed E-state index contributed by atoms with van der Waals surface area (Å²) >= 11 is 2.74. The maximum atomic E-state index is 12.8. The van der Waals surface area contributed by atoms with Crippen molar-refractivity contribution in [3.63, 3.8) is 0 Å². The smallest absolute Gasteiger partial charge is 0.283 e. The average Bonchev–Trinajstić information content (AvgIpc) is 3.30. The lowest BCUT2D eigenvalue weighted by atomic mass is 9.99. The topological polar surface area (TPSA) is 85.6 Å². The molecule has 2 aromatic heterocycles. The molecule has 1 aliphatic heterocycles. The number of aryl methyl sites for hydroxylation is 1. The molecule has 6 nitrogen and oxygen atoms in total. The lowest BCUT2D eigenvalue weighted by Gasteiger charge is -2.08. The highest BCUT2D eigenvalue weighted by Crippen LogP contribution is 2.37. The Morgan fingerprint density at radius 1 is 1.16 bits per heavy atom. The molecule has 0 bridgehead atoms. The molecular formula is C23H19N5OS2. The number of hydrogen-bond acceptors (Lipinski definition) is 7. The van der Waals surface area contributed by atoms with Gasteiger partial charge >= 0.3 is 0 Å². The van der Waals surface area contributed by atoms with E-state index in [1.807, 2.05) is 50.3 Å². The van der Waals surface area contributed by atoms with Gasteiger partial charge in [0.25, 0.3) is 5.56 Å². The molecule has 1 aliphatic rings. The van der Waals surface area contributed by atoms with Gasteiger partial charge in [0.05, 0.1) is 11.3 Å². The fourth-order valence-corrected chi connectivity index (χ4v) is 5.39. The van der Waals surface area contributed by atoms with Crippen molar-refractivity contribution in [3.05, 3.63) is 81.1 Å². The van der Waals surface area contributed by atoms with Crippen LogP contribution in [-0.2, 0) is 5.75 Å². The van der Waals surface area contributed by atoms with Crippen LogP contribution in [-0.4, -0.2) is 19.5 Å². The maximum absolute atomic E-state index is 12.8. The lowest BCUT2D eigenvalue weighted by molar-refractivity contribution is 0.950. The van der Waals surface area contributed by atoms with Gasteiger partial charge in [0.2, 0.25) is 4.96 Å². The number of nitrogen functional groups attached to an aromatic ring is 1. The molecule has 5 rings (SSSR count). The number of nitrogens with zero attached hydrogens (tertiary/aromatic N) is 4. The van der Waals surface area contributed by atoms with Crippen LogP contribution >= 0.6 is 23.3 Å². The first-order valence-electron chi connectivity index (χ1n) is 9.74. The Kier molecular flexibility index (Phi) is 4.95. The van der Waals surface area contributed by atoms with Crippen LogP contribution in [0.3, 0.4) is 0 Å². The Morgan fingerprint density at radius 2 is 1.97 bits per heavy atom. The van der Waals surface area contributed by atoms with Crippen molar-refractivity contribution in [1.29, 1.82) is 0 Å². The van der Waals surface area contributed by atoms with Gasteiger partial charge in [-0.05, 0) is 37.6 Å². The van der Waals surface area contributed by atoms with Gasteiger partial charge in [-0.3, -0.25) is 9.79 Å². The largest absolute Gasteiger partial charge is 0.384 e. The molecule has 0 amide bonds. The molecule has 8 heteroatoms. The fraction of sp³-hybridized carbons (Fsp3) is 0.130. The van der Waals surface area contributed by atoms with Crippen molar-refractivity contribution >= 4 is 57.1 Å². The standard InChI is InChI=1S/C23H19N5OS2/c1-13-8-9-19-17(10-13)16(14(2)25-19)11-18-20(24)28-22(26-21(18)29)31-27-23(28)30-12-15-6-4-3-5-7-15/h3-11H,12,24H2,1-2H3/b16-11+. The molecule has 0 radical (unpaired) electrons. The second-order valence-electron chi connectivity index (χ2n) is 7.35. The highest BCUT2D eigenvalue weighted by molar-refractivity contribution is 7.98. The molecule has 0 aliphatic carbocycles. The number of hydrogen-bond donors (Lipinski definition) is 1. The number of allylic oxidation sites excluding steroid dienone is 1. The molecule has 0 unspecified atom stereocenters. The first kappa shape index (κ1) is 19.7. The second-order valence-corrected chi connectivity index (χ2v) is 9.02. The number of thioether (sulfide) groups is 1. The quantitative estimate of drug-likeness (QED) is 0.448. The number of benzene rings is 2. The van der Waals surface area contributed by atoms with Crippen molar-refractivity contribution < 1.29 is 0 Å². The van der Waals surface area contributed by atoms with E-state index >= 15 is 0 Å². The molecule has 2 N–H and O–H groups in total. The average molecular weight is 446 g/mol. The second kappa shape index (κ2) is 7.79. The summed E-state index contributed by atoms with van der Waals surface area (Å²) in [7, 11) is 0. The molecule has 31 heavy (non-hydrogen) atoms.